The zero-order chi connectivity index (χ0) is 29.3. The van der Waals surface area contributed by atoms with Gasteiger partial charge in [-0.2, -0.15) is 0 Å². The van der Waals surface area contributed by atoms with Crippen LogP contribution in [0.5, 0.6) is 11.5 Å². The molecule has 40 heavy (non-hydrogen) atoms. The Morgan fingerprint density at radius 3 is 2.62 bits per heavy atom. The van der Waals surface area contributed by atoms with Gasteiger partial charge in [0.1, 0.15) is 28.8 Å². The number of pyridine rings is 1. The second-order valence-corrected chi connectivity index (χ2v) is 9.48. The van der Waals surface area contributed by atoms with Gasteiger partial charge in [-0.3, -0.25) is 24.3 Å². The second kappa shape index (κ2) is 11.3. The Hall–Kier alpha value is -4.53. The van der Waals surface area contributed by atoms with E-state index in [1.54, 1.807) is 26.0 Å². The molecule has 1 fully saturated rings. The molecule has 15 heteroatoms. The predicted molar refractivity (Wildman–Crippen MR) is 135 cm³/mol. The van der Waals surface area contributed by atoms with Gasteiger partial charge >= 0.3 is 30.9 Å². The number of amides is 4. The van der Waals surface area contributed by atoms with Crippen LogP contribution in [0.3, 0.4) is 0 Å². The number of Topliss-reactive ketones (excluding diaryl/α,β-unsaturated/α-hetero) is 1. The van der Waals surface area contributed by atoms with Gasteiger partial charge in [0.05, 0.1) is 6.20 Å². The van der Waals surface area contributed by atoms with Crippen molar-refractivity contribution in [2.45, 2.75) is 38.5 Å². The number of benzene rings is 1. The van der Waals surface area contributed by atoms with Gasteiger partial charge in [-0.15, -0.1) is 0 Å². The van der Waals surface area contributed by atoms with E-state index in [0.29, 0.717) is 22.1 Å². The number of nitrogens with one attached hydrogen (secondary N) is 1. The van der Waals surface area contributed by atoms with Gasteiger partial charge < -0.3 is 30.1 Å². The zero-order valence-corrected chi connectivity index (χ0v) is 21.6. The molecule has 2 atom stereocenters. The van der Waals surface area contributed by atoms with Gasteiger partial charge in [0, 0.05) is 37.9 Å². The first-order valence-electron chi connectivity index (χ1n) is 12.4. The van der Waals surface area contributed by atoms with Crippen molar-refractivity contribution in [3.63, 3.8) is 0 Å². The normalized spacial score (nSPS) is 17.7. The van der Waals surface area contributed by atoms with Crippen LogP contribution in [0.2, 0.25) is 5.82 Å². The first kappa shape index (κ1) is 28.5. The van der Waals surface area contributed by atoms with Crippen molar-refractivity contribution in [2.24, 2.45) is 0 Å². The van der Waals surface area contributed by atoms with Crippen molar-refractivity contribution in [3.8, 4) is 11.5 Å². The Morgan fingerprint density at radius 1 is 1.25 bits per heavy atom. The van der Waals surface area contributed by atoms with Gasteiger partial charge in [-0.05, 0) is 31.4 Å². The van der Waals surface area contributed by atoms with Gasteiger partial charge in [0.15, 0.2) is 11.6 Å². The van der Waals surface area contributed by atoms with Gasteiger partial charge in [-0.25, -0.2) is 14.0 Å². The van der Waals surface area contributed by atoms with Crippen LogP contribution in [0.4, 0.5) is 9.18 Å². The number of aromatic carboxylic acids is 1. The van der Waals surface area contributed by atoms with Crippen LogP contribution in [0.25, 0.3) is 0 Å². The molecule has 13 nitrogen and oxygen atoms in total. The lowest BCUT2D eigenvalue weighted by Crippen LogP contribution is -2.58. The molecule has 0 bridgehead atoms. The standard InChI is InChI=1S/C25H26BFN4O9/c1-3-30-6-7-31(23(35)22(30)34)25(38)29-20(19-16(27)10-15(32)11-28-19)17(33)9-14-8-13-5-4-12(2)18(24(36)37)21(13)40-26(14)39/h4-5,10-11,14,20,32,39H,3,6-9H2,1-2H3,(H,29,38)(H,36,37)/t14-,20?/m1/s1. The highest BCUT2D eigenvalue weighted by Gasteiger charge is 2.42. The molecular formula is C25H26BFN4O9. The summed E-state index contributed by atoms with van der Waals surface area (Å²) in [5.74, 6) is -6.68. The maximum Gasteiger partial charge on any atom is 0.526 e. The molecule has 1 aromatic carbocycles. The number of carbonyl (C=O) groups excluding carboxylic acids is 4. The topological polar surface area (TPSA) is 187 Å². The highest BCUT2D eigenvalue weighted by molar-refractivity contribution is 6.47. The van der Waals surface area contributed by atoms with Crippen LogP contribution < -0.4 is 9.97 Å². The number of hydrogen-bond donors (Lipinski definition) is 4. The number of carboxylic acid groups (broad SMARTS) is 1. The summed E-state index contributed by atoms with van der Waals surface area (Å²) in [6.45, 7) is 3.41. The number of carbonyl (C=O) groups is 5. The van der Waals surface area contributed by atoms with Gasteiger partial charge in [0.25, 0.3) is 0 Å². The molecule has 0 radical (unpaired) electrons. The number of hydrogen-bond acceptors (Lipinski definition) is 9. The number of piperazine rings is 1. The predicted octanol–water partition coefficient (Wildman–Crippen LogP) is 0.819. The quantitative estimate of drug-likeness (QED) is 0.281. The lowest BCUT2D eigenvalue weighted by atomic mass is 9.64. The highest BCUT2D eigenvalue weighted by atomic mass is 19.1. The summed E-state index contributed by atoms with van der Waals surface area (Å²) in [5, 5.41) is 32.0. The van der Waals surface area contributed by atoms with E-state index in [-0.39, 0.29) is 37.4 Å². The van der Waals surface area contributed by atoms with E-state index in [4.69, 9.17) is 4.65 Å². The Labute approximate surface area is 227 Å². The van der Waals surface area contributed by atoms with Crippen LogP contribution in [0.1, 0.15) is 46.6 Å². The number of imide groups is 1. The summed E-state index contributed by atoms with van der Waals surface area (Å²) in [6.07, 6.45) is 0.422. The van der Waals surface area contributed by atoms with Crippen LogP contribution in [-0.4, -0.2) is 86.4 Å². The number of urea groups is 1. The van der Waals surface area contributed by atoms with E-state index in [0.717, 1.165) is 6.20 Å². The van der Waals surface area contributed by atoms with Crippen molar-refractivity contribution in [2.75, 3.05) is 19.6 Å². The summed E-state index contributed by atoms with van der Waals surface area (Å²) >= 11 is 0. The number of aromatic nitrogens is 1. The van der Waals surface area contributed by atoms with Crippen molar-refractivity contribution in [3.05, 3.63) is 52.6 Å². The fourth-order valence-electron chi connectivity index (χ4n) is 4.76. The first-order valence-corrected chi connectivity index (χ1v) is 12.4. The maximum atomic E-state index is 14.8. The number of halogens is 1. The molecule has 0 saturated carbocycles. The number of ketones is 1. The largest absolute Gasteiger partial charge is 0.535 e. The minimum atomic E-state index is -1.76. The highest BCUT2D eigenvalue weighted by Crippen LogP contribution is 2.38. The lowest BCUT2D eigenvalue weighted by Gasteiger charge is -2.33. The summed E-state index contributed by atoms with van der Waals surface area (Å²) in [4.78, 5) is 68.5. The third kappa shape index (κ3) is 5.45. The Morgan fingerprint density at radius 2 is 1.98 bits per heavy atom. The summed E-state index contributed by atoms with van der Waals surface area (Å²) in [7, 11) is -1.60. The summed E-state index contributed by atoms with van der Waals surface area (Å²) in [5.41, 5.74) is 0.165. The number of likely N-dealkylation sites (N-methyl/N-ethyl adjacent to an activating group) is 1. The van der Waals surface area contributed by atoms with Crippen molar-refractivity contribution in [1.82, 2.24) is 20.1 Å². The van der Waals surface area contributed by atoms with Crippen molar-refractivity contribution in [1.29, 1.82) is 0 Å². The van der Waals surface area contributed by atoms with Crippen LogP contribution >= 0.6 is 0 Å². The maximum absolute atomic E-state index is 14.8. The molecule has 4 rings (SSSR count). The summed E-state index contributed by atoms with van der Waals surface area (Å²) < 4.78 is 20.3. The second-order valence-electron chi connectivity index (χ2n) is 9.48. The third-order valence-corrected chi connectivity index (χ3v) is 6.90. The smallest absolute Gasteiger partial charge is 0.526 e. The molecular weight excluding hydrogens is 530 g/mol. The van der Waals surface area contributed by atoms with Crippen LogP contribution in [0.15, 0.2) is 24.4 Å². The molecule has 210 valence electrons. The Kier molecular flexibility index (Phi) is 8.04. The molecule has 1 saturated heterocycles. The number of carboxylic acids is 1. The molecule has 3 heterocycles. The fourth-order valence-corrected chi connectivity index (χ4v) is 4.76. The zero-order valence-electron chi connectivity index (χ0n) is 21.6. The minimum Gasteiger partial charge on any atom is -0.535 e. The molecule has 2 aliphatic rings. The van der Waals surface area contributed by atoms with E-state index in [9.17, 15) is 43.6 Å². The molecule has 0 spiro atoms. The lowest BCUT2D eigenvalue weighted by molar-refractivity contribution is -0.153. The number of aromatic hydroxyl groups is 1. The average molecular weight is 556 g/mol. The monoisotopic (exact) mass is 556 g/mol. The number of rotatable bonds is 7. The van der Waals surface area contributed by atoms with Crippen molar-refractivity contribution >= 4 is 36.7 Å². The Bertz CT molecular complexity index is 1400. The van der Waals surface area contributed by atoms with Gasteiger partial charge in [0.2, 0.25) is 0 Å². The number of nitrogens with zero attached hydrogens (tertiary/aromatic N) is 3. The van der Waals surface area contributed by atoms with Crippen molar-refractivity contribution < 1.29 is 48.3 Å². The number of fused-ring (bicyclic) bond motifs is 1. The number of aryl methyl sites for hydroxylation is 1. The SMILES string of the molecule is CCN1CCN(C(=O)NC(C(=O)C[C@H]2Cc3ccc(C)c(C(=O)O)c3OB2O)c2ncc(O)cc2F)C(=O)C1=O. The van der Waals surface area contributed by atoms with Crippen LogP contribution in [0, 0.1) is 12.7 Å². The molecule has 1 aromatic heterocycles. The van der Waals surface area contributed by atoms with E-state index < -0.39 is 72.3 Å². The van der Waals surface area contributed by atoms with E-state index in [1.807, 2.05) is 0 Å². The average Bonchev–Trinajstić information content (AvgIpc) is 2.89. The molecule has 4 amide bonds. The molecule has 2 aromatic rings. The van der Waals surface area contributed by atoms with Crippen LogP contribution in [-0.2, 0) is 20.8 Å². The van der Waals surface area contributed by atoms with E-state index in [1.165, 1.54) is 4.90 Å². The third-order valence-electron chi connectivity index (χ3n) is 6.90. The molecule has 0 aliphatic carbocycles. The fraction of sp³-hybridized carbons (Fsp3) is 0.360. The molecule has 2 aliphatic heterocycles. The minimum absolute atomic E-state index is 0.0193. The summed E-state index contributed by atoms with van der Waals surface area (Å²) in [6, 6.07) is 0.973. The molecule has 4 N–H and O–H groups in total. The first-order chi connectivity index (χ1) is 18.9. The Balaban J connectivity index is 1.59. The molecule has 1 unspecified atom stereocenters. The van der Waals surface area contributed by atoms with E-state index >= 15 is 0 Å². The van der Waals surface area contributed by atoms with Gasteiger partial charge in [-0.1, -0.05) is 12.1 Å². The van der Waals surface area contributed by atoms with E-state index in [2.05, 4.69) is 10.3 Å².